The highest BCUT2D eigenvalue weighted by molar-refractivity contribution is 7.91. The summed E-state index contributed by atoms with van der Waals surface area (Å²) >= 11 is 0. The van der Waals surface area contributed by atoms with Gasteiger partial charge in [-0.15, -0.1) is 0 Å². The third-order valence-corrected chi connectivity index (χ3v) is 6.48. The molecule has 5 nitrogen and oxygen atoms in total. The first-order chi connectivity index (χ1) is 11.3. The molecule has 1 aromatic rings. The fourth-order valence-electron chi connectivity index (χ4n) is 3.23. The monoisotopic (exact) mass is 352 g/mol. The molecule has 0 saturated heterocycles. The number of carbonyl (C=O) groups excluding carboxylic acids is 1. The van der Waals surface area contributed by atoms with Gasteiger partial charge in [0, 0.05) is 25.0 Å². The van der Waals surface area contributed by atoms with Crippen LogP contribution in [0.3, 0.4) is 0 Å². The summed E-state index contributed by atoms with van der Waals surface area (Å²) in [5.74, 6) is -0.0587. The minimum atomic E-state index is -3.38. The molecular weight excluding hydrogens is 324 g/mol. The summed E-state index contributed by atoms with van der Waals surface area (Å²) in [5, 5.41) is 0. The second-order valence-electron chi connectivity index (χ2n) is 6.67. The van der Waals surface area contributed by atoms with E-state index in [2.05, 4.69) is 0 Å². The van der Waals surface area contributed by atoms with Gasteiger partial charge in [0.05, 0.1) is 10.6 Å². The van der Waals surface area contributed by atoms with Crippen molar-refractivity contribution in [2.45, 2.75) is 50.5 Å². The third-order valence-electron chi connectivity index (χ3n) is 4.77. The van der Waals surface area contributed by atoms with Crippen LogP contribution in [-0.4, -0.2) is 44.1 Å². The van der Waals surface area contributed by atoms with Crippen LogP contribution in [0.2, 0.25) is 0 Å². The zero-order valence-corrected chi connectivity index (χ0v) is 15.4. The van der Waals surface area contributed by atoms with Crippen molar-refractivity contribution in [1.29, 1.82) is 0 Å². The Morgan fingerprint density at radius 2 is 1.92 bits per heavy atom. The number of benzene rings is 1. The smallest absolute Gasteiger partial charge is 0.225 e. The molecule has 0 radical (unpaired) electrons. The maximum absolute atomic E-state index is 12.6. The van der Waals surface area contributed by atoms with Gasteiger partial charge in [-0.05, 0) is 45.2 Å². The minimum Gasteiger partial charge on any atom is -0.342 e. The van der Waals surface area contributed by atoms with Gasteiger partial charge in [0.25, 0.3) is 0 Å². The fraction of sp³-hybridized carbons (Fsp3) is 0.611. The summed E-state index contributed by atoms with van der Waals surface area (Å²) in [6.07, 6.45) is 3.50. The van der Waals surface area contributed by atoms with Gasteiger partial charge in [-0.25, -0.2) is 8.42 Å². The van der Waals surface area contributed by atoms with Crippen LogP contribution in [-0.2, 0) is 14.6 Å². The van der Waals surface area contributed by atoms with Crippen molar-refractivity contribution in [2.75, 3.05) is 18.8 Å². The number of rotatable bonds is 6. The van der Waals surface area contributed by atoms with Crippen molar-refractivity contribution in [3.8, 4) is 0 Å². The van der Waals surface area contributed by atoms with E-state index in [9.17, 15) is 13.2 Å². The predicted octanol–water partition coefficient (Wildman–Crippen LogP) is 2.13. The first-order valence-electron chi connectivity index (χ1n) is 8.67. The lowest BCUT2D eigenvalue weighted by Gasteiger charge is -2.30. The summed E-state index contributed by atoms with van der Waals surface area (Å²) in [6, 6.07) is 6.92. The molecule has 0 aromatic heterocycles. The Morgan fingerprint density at radius 1 is 1.25 bits per heavy atom. The molecule has 1 aliphatic carbocycles. The molecule has 0 aliphatic heterocycles. The first kappa shape index (κ1) is 18.9. The largest absolute Gasteiger partial charge is 0.342 e. The SMILES string of the molecule is CCN(CCS(=O)(=O)c1ccc(C)cc1)C(=O)[C@@H]1CCC[C@H](N)C1. The van der Waals surface area contributed by atoms with Gasteiger partial charge < -0.3 is 10.6 Å². The summed E-state index contributed by atoms with van der Waals surface area (Å²) in [7, 11) is -3.38. The number of hydrogen-bond acceptors (Lipinski definition) is 4. The van der Waals surface area contributed by atoms with E-state index in [1.807, 2.05) is 13.8 Å². The number of aryl methyl sites for hydroxylation is 1. The normalized spacial score (nSPS) is 21.5. The Hall–Kier alpha value is -1.40. The number of nitrogens with zero attached hydrogens (tertiary/aromatic N) is 1. The van der Waals surface area contributed by atoms with Crippen molar-refractivity contribution in [3.05, 3.63) is 29.8 Å². The molecule has 0 heterocycles. The molecule has 1 saturated carbocycles. The van der Waals surface area contributed by atoms with Gasteiger partial charge in [0.15, 0.2) is 9.84 Å². The van der Waals surface area contributed by atoms with Gasteiger partial charge in [0.1, 0.15) is 0 Å². The fourth-order valence-corrected chi connectivity index (χ4v) is 4.48. The van der Waals surface area contributed by atoms with Crippen LogP contribution in [0.4, 0.5) is 0 Å². The lowest BCUT2D eigenvalue weighted by Crippen LogP contribution is -2.42. The molecule has 1 aromatic carbocycles. The Kier molecular flexibility index (Phi) is 6.40. The summed E-state index contributed by atoms with van der Waals surface area (Å²) < 4.78 is 24.9. The summed E-state index contributed by atoms with van der Waals surface area (Å²) in [6.45, 7) is 4.56. The highest BCUT2D eigenvalue weighted by Gasteiger charge is 2.29. The van der Waals surface area contributed by atoms with Crippen LogP contribution in [0, 0.1) is 12.8 Å². The Morgan fingerprint density at radius 3 is 2.50 bits per heavy atom. The Bertz CT molecular complexity index is 655. The molecular formula is C18H28N2O3S. The molecule has 0 bridgehead atoms. The van der Waals surface area contributed by atoms with E-state index in [1.54, 1.807) is 29.2 Å². The second-order valence-corrected chi connectivity index (χ2v) is 8.78. The molecule has 1 aliphatic rings. The quantitative estimate of drug-likeness (QED) is 0.850. The second kappa shape index (κ2) is 8.12. The third kappa shape index (κ3) is 4.80. The number of carbonyl (C=O) groups is 1. The molecule has 6 heteroatoms. The van der Waals surface area contributed by atoms with Gasteiger partial charge in [-0.3, -0.25) is 4.79 Å². The molecule has 1 amide bonds. The van der Waals surface area contributed by atoms with E-state index < -0.39 is 9.84 Å². The van der Waals surface area contributed by atoms with Crippen LogP contribution >= 0.6 is 0 Å². The van der Waals surface area contributed by atoms with E-state index in [0.717, 1.165) is 24.8 Å². The zero-order chi connectivity index (χ0) is 17.7. The van der Waals surface area contributed by atoms with E-state index in [-0.39, 0.29) is 30.2 Å². The minimum absolute atomic E-state index is 0.0472. The molecule has 0 unspecified atom stereocenters. The van der Waals surface area contributed by atoms with Crippen LogP contribution < -0.4 is 5.73 Å². The van der Waals surface area contributed by atoms with E-state index in [1.165, 1.54) is 0 Å². The van der Waals surface area contributed by atoms with E-state index in [4.69, 9.17) is 5.73 Å². The molecule has 1 fully saturated rings. The number of hydrogen-bond donors (Lipinski definition) is 1. The topological polar surface area (TPSA) is 80.5 Å². The summed E-state index contributed by atoms with van der Waals surface area (Å²) in [5.41, 5.74) is 6.99. The first-order valence-corrected chi connectivity index (χ1v) is 10.3. The Balaban J connectivity index is 1.99. The molecule has 2 rings (SSSR count). The van der Waals surface area contributed by atoms with Crippen LogP contribution in [0.25, 0.3) is 0 Å². The maximum atomic E-state index is 12.6. The van der Waals surface area contributed by atoms with Gasteiger partial charge in [-0.1, -0.05) is 24.1 Å². The molecule has 134 valence electrons. The zero-order valence-electron chi connectivity index (χ0n) is 14.6. The number of sulfone groups is 1. The Labute approximate surface area is 145 Å². The average molecular weight is 353 g/mol. The van der Waals surface area contributed by atoms with Gasteiger partial charge in [0.2, 0.25) is 5.91 Å². The van der Waals surface area contributed by atoms with E-state index in [0.29, 0.717) is 17.9 Å². The highest BCUT2D eigenvalue weighted by Crippen LogP contribution is 2.25. The van der Waals surface area contributed by atoms with Crippen molar-refractivity contribution in [3.63, 3.8) is 0 Å². The van der Waals surface area contributed by atoms with Crippen molar-refractivity contribution < 1.29 is 13.2 Å². The molecule has 2 N–H and O–H groups in total. The van der Waals surface area contributed by atoms with Gasteiger partial charge >= 0.3 is 0 Å². The number of nitrogens with two attached hydrogens (primary N) is 1. The standard InChI is InChI=1S/C18H28N2O3S/c1-3-20(18(21)15-5-4-6-16(19)13-15)11-12-24(22,23)17-9-7-14(2)8-10-17/h7-10,15-16H,3-6,11-13,19H2,1-2H3/t15-,16+/m1/s1. The summed E-state index contributed by atoms with van der Waals surface area (Å²) in [4.78, 5) is 14.6. The van der Waals surface area contributed by atoms with Crippen molar-refractivity contribution in [2.24, 2.45) is 11.7 Å². The van der Waals surface area contributed by atoms with Crippen molar-refractivity contribution >= 4 is 15.7 Å². The lowest BCUT2D eigenvalue weighted by atomic mass is 9.85. The van der Waals surface area contributed by atoms with Gasteiger partial charge in [-0.2, -0.15) is 0 Å². The molecule has 0 spiro atoms. The lowest BCUT2D eigenvalue weighted by molar-refractivity contribution is -0.136. The van der Waals surface area contributed by atoms with Crippen LogP contribution in [0.1, 0.15) is 38.2 Å². The highest BCUT2D eigenvalue weighted by atomic mass is 32.2. The number of amides is 1. The van der Waals surface area contributed by atoms with E-state index >= 15 is 0 Å². The maximum Gasteiger partial charge on any atom is 0.225 e. The predicted molar refractivity (Wildman–Crippen MR) is 95.4 cm³/mol. The van der Waals surface area contributed by atoms with Crippen LogP contribution in [0.15, 0.2) is 29.2 Å². The average Bonchev–Trinajstić information content (AvgIpc) is 2.55. The molecule has 24 heavy (non-hydrogen) atoms. The van der Waals surface area contributed by atoms with Crippen molar-refractivity contribution in [1.82, 2.24) is 4.90 Å². The molecule has 2 atom stereocenters. The van der Waals surface area contributed by atoms with Crippen LogP contribution in [0.5, 0.6) is 0 Å².